The topological polar surface area (TPSA) is 90.0 Å². The van der Waals surface area contributed by atoms with E-state index >= 15 is 0 Å². The Labute approximate surface area is 97.4 Å². The number of hydrogen-bond donors (Lipinski definition) is 2. The molecule has 6 nitrogen and oxygen atoms in total. The first-order valence-corrected chi connectivity index (χ1v) is 5.21. The quantitative estimate of drug-likeness (QED) is 0.730. The van der Waals surface area contributed by atoms with Crippen LogP contribution in [0.5, 0.6) is 0 Å². The van der Waals surface area contributed by atoms with Gasteiger partial charge in [-0.15, -0.1) is 0 Å². The number of carbonyl (C=O) groups is 1. The van der Waals surface area contributed by atoms with E-state index in [-0.39, 0.29) is 29.7 Å². The average molecular weight is 245 g/mol. The van der Waals surface area contributed by atoms with Crippen molar-refractivity contribution in [3.8, 4) is 0 Å². The van der Waals surface area contributed by atoms with Gasteiger partial charge in [-0.3, -0.25) is 14.2 Å². The number of nitrogens with zero attached hydrogens (tertiary/aromatic N) is 2. The molecule has 0 aliphatic heterocycles. The number of carbonyl (C=O) groups excluding carboxylic acids is 1. The van der Waals surface area contributed by atoms with E-state index in [1.807, 2.05) is 6.92 Å². The fourth-order valence-corrected chi connectivity index (χ4v) is 1.28. The van der Waals surface area contributed by atoms with Crippen LogP contribution in [-0.4, -0.2) is 22.0 Å². The van der Waals surface area contributed by atoms with Crippen molar-refractivity contribution in [2.24, 2.45) is 0 Å². The summed E-state index contributed by atoms with van der Waals surface area (Å²) in [5.74, 6) is -0.122. The summed E-state index contributed by atoms with van der Waals surface area (Å²) in [4.78, 5) is 26.5. The predicted molar refractivity (Wildman–Crippen MR) is 61.2 cm³/mol. The summed E-state index contributed by atoms with van der Waals surface area (Å²) in [6.45, 7) is 2.62. The van der Waals surface area contributed by atoms with Crippen LogP contribution >= 0.6 is 11.6 Å². The van der Waals surface area contributed by atoms with Crippen molar-refractivity contribution >= 4 is 23.2 Å². The van der Waals surface area contributed by atoms with E-state index in [0.717, 1.165) is 0 Å². The number of nitrogen functional groups attached to an aromatic ring is 1. The minimum Gasteiger partial charge on any atom is -0.392 e. The van der Waals surface area contributed by atoms with Crippen LogP contribution in [-0.2, 0) is 11.3 Å². The van der Waals surface area contributed by atoms with Gasteiger partial charge in [0.2, 0.25) is 5.91 Å². The Morgan fingerprint density at radius 1 is 1.69 bits per heavy atom. The van der Waals surface area contributed by atoms with Gasteiger partial charge in [-0.25, -0.2) is 4.98 Å². The lowest BCUT2D eigenvalue weighted by molar-refractivity contribution is -0.121. The number of aryl methyl sites for hydroxylation is 1. The van der Waals surface area contributed by atoms with Gasteiger partial charge in [0.15, 0.2) is 5.15 Å². The molecule has 0 spiro atoms. The normalized spacial score (nSPS) is 10.1. The van der Waals surface area contributed by atoms with Crippen molar-refractivity contribution in [1.29, 1.82) is 0 Å². The monoisotopic (exact) mass is 244 g/mol. The number of aromatic nitrogens is 2. The summed E-state index contributed by atoms with van der Waals surface area (Å²) >= 11 is 5.57. The van der Waals surface area contributed by atoms with E-state index in [0.29, 0.717) is 6.54 Å². The van der Waals surface area contributed by atoms with Gasteiger partial charge in [-0.1, -0.05) is 11.6 Å². The number of nitrogens with two attached hydrogens (primary N) is 1. The first-order chi connectivity index (χ1) is 7.56. The second-order valence-electron chi connectivity index (χ2n) is 3.15. The standard InChI is InChI=1S/C9H13ClN4O2/c1-2-12-6(15)3-4-14-5-13-8(10)7(11)9(14)16/h5H,2-4,11H2,1H3,(H,12,15). The Balaban J connectivity index is 2.72. The number of rotatable bonds is 4. The molecule has 0 saturated carbocycles. The molecule has 3 N–H and O–H groups in total. The van der Waals surface area contributed by atoms with Crippen LogP contribution in [0.1, 0.15) is 13.3 Å². The molecule has 0 bridgehead atoms. The van der Waals surface area contributed by atoms with Crippen LogP contribution < -0.4 is 16.6 Å². The van der Waals surface area contributed by atoms with Crippen molar-refractivity contribution in [1.82, 2.24) is 14.9 Å². The van der Waals surface area contributed by atoms with E-state index in [1.54, 1.807) is 0 Å². The van der Waals surface area contributed by atoms with Crippen molar-refractivity contribution in [2.45, 2.75) is 19.9 Å². The lowest BCUT2D eigenvalue weighted by atomic mass is 10.4. The van der Waals surface area contributed by atoms with Crippen molar-refractivity contribution in [3.05, 3.63) is 21.8 Å². The molecule has 1 rings (SSSR count). The fourth-order valence-electron chi connectivity index (χ4n) is 1.15. The molecule has 0 unspecified atom stereocenters. The van der Waals surface area contributed by atoms with Crippen LogP contribution in [0, 0.1) is 0 Å². The molecule has 0 saturated heterocycles. The van der Waals surface area contributed by atoms with E-state index in [1.165, 1.54) is 10.9 Å². The van der Waals surface area contributed by atoms with Crippen molar-refractivity contribution < 1.29 is 4.79 Å². The van der Waals surface area contributed by atoms with Crippen molar-refractivity contribution in [2.75, 3.05) is 12.3 Å². The molecule has 0 aromatic carbocycles. The minimum atomic E-state index is -0.427. The van der Waals surface area contributed by atoms with E-state index in [2.05, 4.69) is 10.3 Å². The maximum Gasteiger partial charge on any atom is 0.278 e. The number of anilines is 1. The summed E-state index contributed by atoms with van der Waals surface area (Å²) in [5, 5.41) is 2.61. The predicted octanol–water partition coefficient (Wildman–Crippen LogP) is 0.00510. The van der Waals surface area contributed by atoms with Crippen LogP contribution in [0.15, 0.2) is 11.1 Å². The molecule has 1 aromatic rings. The summed E-state index contributed by atoms with van der Waals surface area (Å²) in [6, 6.07) is 0. The zero-order valence-electron chi connectivity index (χ0n) is 8.86. The van der Waals surface area contributed by atoms with Crippen molar-refractivity contribution in [3.63, 3.8) is 0 Å². The molecule has 1 aromatic heterocycles. The van der Waals surface area contributed by atoms with Crippen LogP contribution in [0.25, 0.3) is 0 Å². The Hall–Kier alpha value is -1.56. The van der Waals surface area contributed by atoms with Gasteiger partial charge >= 0.3 is 0 Å². The molecule has 7 heteroatoms. The maximum absolute atomic E-state index is 11.5. The molecule has 1 heterocycles. The molecule has 16 heavy (non-hydrogen) atoms. The van der Waals surface area contributed by atoms with Gasteiger partial charge in [0.25, 0.3) is 5.56 Å². The molecule has 88 valence electrons. The Morgan fingerprint density at radius 2 is 2.38 bits per heavy atom. The fraction of sp³-hybridized carbons (Fsp3) is 0.444. The highest BCUT2D eigenvalue weighted by molar-refractivity contribution is 6.31. The molecule has 0 fully saturated rings. The average Bonchev–Trinajstić information content (AvgIpc) is 2.25. The minimum absolute atomic E-state index is 0.0146. The first-order valence-electron chi connectivity index (χ1n) is 4.83. The van der Waals surface area contributed by atoms with Gasteiger partial charge in [-0.05, 0) is 6.92 Å². The van der Waals surface area contributed by atoms with Gasteiger partial charge in [0.1, 0.15) is 5.69 Å². The third-order valence-corrected chi connectivity index (χ3v) is 2.28. The number of amides is 1. The Morgan fingerprint density at radius 3 is 3.00 bits per heavy atom. The zero-order chi connectivity index (χ0) is 12.1. The van der Waals surface area contributed by atoms with E-state index in [9.17, 15) is 9.59 Å². The molecule has 1 amide bonds. The number of hydrogen-bond acceptors (Lipinski definition) is 4. The van der Waals surface area contributed by atoms with Gasteiger partial charge in [0, 0.05) is 19.5 Å². The summed E-state index contributed by atoms with van der Waals surface area (Å²) in [7, 11) is 0. The Kier molecular flexibility index (Phi) is 4.30. The van der Waals surface area contributed by atoms with Crippen LogP contribution in [0.4, 0.5) is 5.69 Å². The molecular weight excluding hydrogens is 232 g/mol. The SMILES string of the molecule is CCNC(=O)CCn1cnc(Cl)c(N)c1=O. The Bertz CT molecular complexity index is 444. The lowest BCUT2D eigenvalue weighted by Gasteiger charge is -2.06. The third-order valence-electron chi connectivity index (χ3n) is 1.98. The maximum atomic E-state index is 11.5. The second kappa shape index (κ2) is 5.50. The highest BCUT2D eigenvalue weighted by Gasteiger charge is 2.07. The highest BCUT2D eigenvalue weighted by atomic mass is 35.5. The number of nitrogens with one attached hydrogen (secondary N) is 1. The van der Waals surface area contributed by atoms with Gasteiger partial charge in [-0.2, -0.15) is 0 Å². The zero-order valence-corrected chi connectivity index (χ0v) is 9.62. The van der Waals surface area contributed by atoms with E-state index < -0.39 is 5.56 Å². The summed E-state index contributed by atoms with van der Waals surface area (Å²) in [6.07, 6.45) is 1.48. The van der Waals surface area contributed by atoms with Crippen LogP contribution in [0.3, 0.4) is 0 Å². The van der Waals surface area contributed by atoms with Gasteiger partial charge < -0.3 is 11.1 Å². The van der Waals surface area contributed by atoms with Gasteiger partial charge in [0.05, 0.1) is 6.33 Å². The molecular formula is C9H13ClN4O2. The molecule has 0 aliphatic carbocycles. The van der Waals surface area contributed by atoms with Crippen LogP contribution in [0.2, 0.25) is 5.15 Å². The highest BCUT2D eigenvalue weighted by Crippen LogP contribution is 2.07. The summed E-state index contributed by atoms with van der Waals surface area (Å²) < 4.78 is 1.26. The largest absolute Gasteiger partial charge is 0.392 e. The molecule has 0 atom stereocenters. The lowest BCUT2D eigenvalue weighted by Crippen LogP contribution is -2.28. The third kappa shape index (κ3) is 2.96. The smallest absolute Gasteiger partial charge is 0.278 e. The van der Waals surface area contributed by atoms with E-state index in [4.69, 9.17) is 17.3 Å². The first kappa shape index (κ1) is 12.5. The number of halogens is 1. The molecule has 0 aliphatic rings. The molecule has 0 radical (unpaired) electrons. The summed E-state index contributed by atoms with van der Waals surface area (Å²) in [5.41, 5.74) is 4.90. The second-order valence-corrected chi connectivity index (χ2v) is 3.51.